The minimum atomic E-state index is -0.129. The fourth-order valence-electron chi connectivity index (χ4n) is 2.85. The number of nitrogens with two attached hydrogens (primary N) is 1. The molecule has 1 heterocycles. The van der Waals surface area contributed by atoms with E-state index in [1.54, 1.807) is 24.3 Å². The number of benzene rings is 2. The first kappa shape index (κ1) is 11.6. The number of carbonyl (C=O) groups is 1. The average molecular weight is 271 g/mol. The molecule has 4 heteroatoms. The molecule has 21 heavy (non-hydrogen) atoms. The third-order valence-electron chi connectivity index (χ3n) is 3.78. The topological polar surface area (TPSA) is 79.8 Å². The van der Waals surface area contributed by atoms with Gasteiger partial charge in [-0.1, -0.05) is 24.3 Å². The molecule has 4 nitrogen and oxygen atoms in total. The number of hydrogen-bond donors (Lipinski definition) is 1. The fraction of sp³-hybridized carbons (Fsp3) is 0. The number of anilines is 1. The Bertz CT molecular complexity index is 983. The van der Waals surface area contributed by atoms with Crippen molar-refractivity contribution in [2.75, 3.05) is 5.73 Å². The molecule has 4 rings (SSSR count). The fourth-order valence-corrected chi connectivity index (χ4v) is 2.85. The highest BCUT2D eigenvalue weighted by Crippen LogP contribution is 2.40. The van der Waals surface area contributed by atoms with Gasteiger partial charge in [0.2, 0.25) is 5.78 Å². The molecular formula is C17H9N3O. The predicted molar refractivity (Wildman–Crippen MR) is 79.7 cm³/mol. The second kappa shape index (κ2) is 3.90. The number of aromatic nitrogens is 1. The Morgan fingerprint density at radius 1 is 1.10 bits per heavy atom. The van der Waals surface area contributed by atoms with Crippen LogP contribution in [0, 0.1) is 11.3 Å². The Hall–Kier alpha value is -3.19. The van der Waals surface area contributed by atoms with Gasteiger partial charge in [-0.25, -0.2) is 4.98 Å². The number of nitrogen functional groups attached to an aromatic ring is 1. The summed E-state index contributed by atoms with van der Waals surface area (Å²) in [6.45, 7) is 0. The Balaban J connectivity index is 2.23. The van der Waals surface area contributed by atoms with Crippen molar-refractivity contribution in [3.63, 3.8) is 0 Å². The van der Waals surface area contributed by atoms with Gasteiger partial charge in [-0.15, -0.1) is 0 Å². The number of fused-ring (bicyclic) bond motifs is 4. The highest BCUT2D eigenvalue weighted by Gasteiger charge is 2.31. The van der Waals surface area contributed by atoms with Gasteiger partial charge >= 0.3 is 0 Å². The molecule has 1 aliphatic rings. The lowest BCUT2D eigenvalue weighted by Gasteiger charge is -2.07. The summed E-state index contributed by atoms with van der Waals surface area (Å²) in [5.74, 6) is -0.129. The van der Waals surface area contributed by atoms with Crippen LogP contribution in [0.15, 0.2) is 42.5 Å². The van der Waals surface area contributed by atoms with E-state index in [0.29, 0.717) is 39.0 Å². The Labute approximate surface area is 120 Å². The summed E-state index contributed by atoms with van der Waals surface area (Å²) in [4.78, 5) is 16.9. The van der Waals surface area contributed by atoms with Crippen molar-refractivity contribution in [1.82, 2.24) is 4.98 Å². The molecule has 0 spiro atoms. The molecule has 0 radical (unpaired) electrons. The van der Waals surface area contributed by atoms with E-state index in [1.165, 1.54) is 0 Å². The minimum absolute atomic E-state index is 0.129. The maximum absolute atomic E-state index is 12.5. The lowest BCUT2D eigenvalue weighted by atomic mass is 9.98. The van der Waals surface area contributed by atoms with Crippen LogP contribution in [0.5, 0.6) is 0 Å². The molecule has 3 aromatic rings. The zero-order valence-corrected chi connectivity index (χ0v) is 10.9. The largest absolute Gasteiger partial charge is 0.399 e. The van der Waals surface area contributed by atoms with E-state index < -0.39 is 0 Å². The Morgan fingerprint density at radius 3 is 2.62 bits per heavy atom. The number of ketones is 1. The maximum Gasteiger partial charge on any atom is 0.212 e. The van der Waals surface area contributed by atoms with Crippen LogP contribution in [-0.2, 0) is 0 Å². The molecule has 98 valence electrons. The van der Waals surface area contributed by atoms with Gasteiger partial charge in [-0.05, 0) is 23.8 Å². The molecule has 0 saturated carbocycles. The Kier molecular flexibility index (Phi) is 2.16. The van der Waals surface area contributed by atoms with Crippen LogP contribution in [0.3, 0.4) is 0 Å². The highest BCUT2D eigenvalue weighted by atomic mass is 16.1. The van der Waals surface area contributed by atoms with Crippen molar-refractivity contribution < 1.29 is 4.79 Å². The summed E-state index contributed by atoms with van der Waals surface area (Å²) in [6, 6.07) is 14.7. The minimum Gasteiger partial charge on any atom is -0.399 e. The monoisotopic (exact) mass is 271 g/mol. The normalized spacial score (nSPS) is 12.0. The van der Waals surface area contributed by atoms with Gasteiger partial charge in [0.1, 0.15) is 11.8 Å². The van der Waals surface area contributed by atoms with Crippen LogP contribution in [0.1, 0.15) is 21.6 Å². The van der Waals surface area contributed by atoms with Crippen LogP contribution in [0.2, 0.25) is 0 Å². The summed E-state index contributed by atoms with van der Waals surface area (Å²) in [5, 5.41) is 10.3. The lowest BCUT2D eigenvalue weighted by Crippen LogP contribution is -2.00. The van der Waals surface area contributed by atoms with Gasteiger partial charge in [0.25, 0.3) is 0 Å². The van der Waals surface area contributed by atoms with E-state index in [0.717, 1.165) is 5.56 Å². The van der Waals surface area contributed by atoms with Crippen LogP contribution in [0.4, 0.5) is 5.69 Å². The third kappa shape index (κ3) is 1.43. The SMILES string of the molecule is N#Cc1c2c(nc3ccc(N)cc13)C(=O)c1ccccc1-2. The van der Waals surface area contributed by atoms with Crippen molar-refractivity contribution >= 4 is 22.4 Å². The molecule has 0 atom stereocenters. The lowest BCUT2D eigenvalue weighted by molar-refractivity contribution is 0.103. The van der Waals surface area contributed by atoms with Crippen molar-refractivity contribution in [3.05, 3.63) is 59.3 Å². The molecule has 0 amide bonds. The number of nitrogens with zero attached hydrogens (tertiary/aromatic N) is 2. The van der Waals surface area contributed by atoms with Crippen LogP contribution in [0.25, 0.3) is 22.0 Å². The first-order chi connectivity index (χ1) is 10.2. The number of pyridine rings is 1. The van der Waals surface area contributed by atoms with E-state index in [-0.39, 0.29) is 5.78 Å². The second-order valence-electron chi connectivity index (χ2n) is 4.97. The molecule has 2 N–H and O–H groups in total. The zero-order chi connectivity index (χ0) is 14.6. The van der Waals surface area contributed by atoms with Crippen LogP contribution >= 0.6 is 0 Å². The van der Waals surface area contributed by atoms with E-state index in [4.69, 9.17) is 5.73 Å². The number of nitriles is 1. The van der Waals surface area contributed by atoms with Gasteiger partial charge in [-0.2, -0.15) is 5.26 Å². The van der Waals surface area contributed by atoms with Gasteiger partial charge in [0.05, 0.1) is 11.1 Å². The highest BCUT2D eigenvalue weighted by molar-refractivity contribution is 6.23. The second-order valence-corrected chi connectivity index (χ2v) is 4.97. The van der Waals surface area contributed by atoms with E-state index in [9.17, 15) is 10.1 Å². The van der Waals surface area contributed by atoms with E-state index >= 15 is 0 Å². The zero-order valence-electron chi connectivity index (χ0n) is 10.9. The molecule has 0 aliphatic heterocycles. The van der Waals surface area contributed by atoms with Crippen molar-refractivity contribution in [3.8, 4) is 17.2 Å². The van der Waals surface area contributed by atoms with E-state index in [2.05, 4.69) is 11.1 Å². The molecule has 2 aromatic carbocycles. The third-order valence-corrected chi connectivity index (χ3v) is 3.78. The summed E-state index contributed by atoms with van der Waals surface area (Å²) in [6.07, 6.45) is 0. The molecule has 0 fully saturated rings. The number of carbonyl (C=O) groups excluding carboxylic acids is 1. The van der Waals surface area contributed by atoms with E-state index in [1.807, 2.05) is 18.2 Å². The molecule has 0 bridgehead atoms. The van der Waals surface area contributed by atoms with Crippen molar-refractivity contribution in [2.45, 2.75) is 0 Å². The Morgan fingerprint density at radius 2 is 1.86 bits per heavy atom. The predicted octanol–water partition coefficient (Wildman–Crippen LogP) is 2.90. The maximum atomic E-state index is 12.5. The standard InChI is InChI=1S/C17H9N3O/c18-8-13-12-7-9(19)5-6-14(12)20-16-15(13)10-3-1-2-4-11(10)17(16)21/h1-7H,19H2. The van der Waals surface area contributed by atoms with Gasteiger partial charge < -0.3 is 5.73 Å². The molecular weight excluding hydrogens is 262 g/mol. The van der Waals surface area contributed by atoms with Gasteiger partial charge in [0.15, 0.2) is 0 Å². The summed E-state index contributed by atoms with van der Waals surface area (Å²) in [7, 11) is 0. The van der Waals surface area contributed by atoms with Gasteiger partial charge in [-0.3, -0.25) is 4.79 Å². The van der Waals surface area contributed by atoms with Crippen LogP contribution in [-0.4, -0.2) is 10.8 Å². The molecule has 0 unspecified atom stereocenters. The van der Waals surface area contributed by atoms with Crippen molar-refractivity contribution in [1.29, 1.82) is 5.26 Å². The summed E-state index contributed by atoms with van der Waals surface area (Å²) < 4.78 is 0. The molecule has 1 aromatic heterocycles. The quantitative estimate of drug-likeness (QED) is 0.499. The van der Waals surface area contributed by atoms with Gasteiger partial charge in [0, 0.05) is 22.2 Å². The smallest absolute Gasteiger partial charge is 0.212 e. The van der Waals surface area contributed by atoms with Crippen molar-refractivity contribution in [2.24, 2.45) is 0 Å². The number of hydrogen-bond acceptors (Lipinski definition) is 4. The summed E-state index contributed by atoms with van der Waals surface area (Å²) in [5.41, 5.74) is 9.79. The van der Waals surface area contributed by atoms with Crippen LogP contribution < -0.4 is 5.73 Å². The molecule has 0 saturated heterocycles. The first-order valence-electron chi connectivity index (χ1n) is 6.48. The first-order valence-corrected chi connectivity index (χ1v) is 6.48. The average Bonchev–Trinajstić information content (AvgIpc) is 2.79. The number of rotatable bonds is 0. The summed E-state index contributed by atoms with van der Waals surface area (Å²) >= 11 is 0. The molecule has 1 aliphatic carbocycles.